The first kappa shape index (κ1) is 48.7. The van der Waals surface area contributed by atoms with Gasteiger partial charge in [0.25, 0.3) is 0 Å². The zero-order chi connectivity index (χ0) is 42.8. The number of nitrogens with zero attached hydrogens (tertiary/aromatic N) is 4. The molecular formula is C29H48N7O17P3S. The first-order valence-corrected chi connectivity index (χ1v) is 22.6. The van der Waals surface area contributed by atoms with E-state index < -0.39 is 84.6 Å². The van der Waals surface area contributed by atoms with Gasteiger partial charge in [-0.2, -0.15) is 4.31 Å². The molecule has 1 fully saturated rings. The van der Waals surface area contributed by atoms with Crippen LogP contribution in [0.15, 0.2) is 24.8 Å². The summed E-state index contributed by atoms with van der Waals surface area (Å²) in [5.41, 5.74) is 4.26. The van der Waals surface area contributed by atoms with Gasteiger partial charge in [-0.1, -0.05) is 51.6 Å². The molecule has 2 unspecified atom stereocenters. The highest BCUT2D eigenvalue weighted by Crippen LogP contribution is 2.61. The minimum atomic E-state index is -5.57. The fourth-order valence-electron chi connectivity index (χ4n) is 4.94. The van der Waals surface area contributed by atoms with Crippen LogP contribution in [0, 0.1) is 11.3 Å². The van der Waals surface area contributed by atoms with Gasteiger partial charge in [0.05, 0.1) is 19.5 Å². The summed E-state index contributed by atoms with van der Waals surface area (Å²) in [6.07, 6.45) is -1.93. The van der Waals surface area contributed by atoms with E-state index in [-0.39, 0.29) is 41.6 Å². The number of aliphatic hydroxyl groups excluding tert-OH is 2. The highest BCUT2D eigenvalue weighted by Gasteiger charge is 2.50. The van der Waals surface area contributed by atoms with Gasteiger partial charge in [-0.3, -0.25) is 32.5 Å². The average Bonchev–Trinajstić information content (AvgIpc) is 3.66. The molecule has 3 rings (SSSR count). The minimum absolute atomic E-state index is 0.00501. The summed E-state index contributed by atoms with van der Waals surface area (Å²) in [5.74, 6) is -0.684. The van der Waals surface area contributed by atoms with E-state index in [4.69, 9.17) is 19.5 Å². The number of nitrogens with one attached hydrogen (secondary N) is 2. The number of hydrogen-bond acceptors (Lipinski definition) is 18. The summed E-state index contributed by atoms with van der Waals surface area (Å²) in [6, 6.07) is 0. The monoisotopic (exact) mass is 891 g/mol. The minimum Gasteiger partial charge on any atom is -0.386 e. The van der Waals surface area contributed by atoms with E-state index >= 15 is 0 Å². The van der Waals surface area contributed by atoms with Gasteiger partial charge in [0.1, 0.15) is 36.3 Å². The maximum Gasteiger partial charge on any atom is 0.481 e. The molecular weight excluding hydrogens is 843 g/mol. The number of fused-ring (bicyclic) bond motifs is 1. The molecule has 0 saturated carbocycles. The summed E-state index contributed by atoms with van der Waals surface area (Å²) in [6.45, 7) is 4.58. The van der Waals surface area contributed by atoms with Crippen LogP contribution in [0.25, 0.3) is 11.2 Å². The lowest BCUT2D eigenvalue weighted by atomic mass is 9.87. The Morgan fingerprint density at radius 1 is 1.05 bits per heavy atom. The Morgan fingerprint density at radius 3 is 2.40 bits per heavy atom. The fraction of sp³-hybridized carbons (Fsp3) is 0.655. The van der Waals surface area contributed by atoms with E-state index in [1.165, 1.54) is 13.8 Å². The summed E-state index contributed by atoms with van der Waals surface area (Å²) in [7, 11) is -16.4. The Morgan fingerprint density at radius 2 is 1.74 bits per heavy atom. The molecule has 57 heavy (non-hydrogen) atoms. The number of hydrogen-bond donors (Lipinski definition) is 9. The molecule has 10 N–H and O–H groups in total. The smallest absolute Gasteiger partial charge is 0.386 e. The Labute approximate surface area is 330 Å². The van der Waals surface area contributed by atoms with Gasteiger partial charge in [-0.05, 0) is 12.3 Å². The molecule has 1 aliphatic heterocycles. The van der Waals surface area contributed by atoms with Gasteiger partial charge in [0.2, 0.25) is 11.8 Å². The Kier molecular flexibility index (Phi) is 17.9. The Hall–Kier alpha value is -2.70. The van der Waals surface area contributed by atoms with E-state index in [0.717, 1.165) is 29.0 Å². The van der Waals surface area contributed by atoms with Crippen molar-refractivity contribution in [1.82, 2.24) is 30.2 Å². The van der Waals surface area contributed by atoms with Crippen molar-refractivity contribution in [1.29, 1.82) is 0 Å². The number of amides is 2. The van der Waals surface area contributed by atoms with Crippen LogP contribution in [0.2, 0.25) is 0 Å². The van der Waals surface area contributed by atoms with Crippen LogP contribution in [0.3, 0.4) is 0 Å². The number of aromatic nitrogens is 4. The lowest BCUT2D eigenvalue weighted by molar-refractivity contribution is -0.137. The summed E-state index contributed by atoms with van der Waals surface area (Å²) in [4.78, 5) is 87.6. The number of phosphoric ester groups is 3. The van der Waals surface area contributed by atoms with Crippen molar-refractivity contribution in [3.8, 4) is 0 Å². The number of nitrogens with two attached hydrogens (primary N) is 1. The standard InChI is InChI=1S/C29H48N7O17P3S/c1-17(2)7-5-6-8-20(38)57-12-11-31-19(37)9-10-32-27(41)24(40)29(3,4)14-50-56(47,48)53-55(45,46)49-13-18-23(52-54(42,43)44)22(39)28(51-18)36-16-35-21-25(30)33-15-34-26(21)36/h5,7,15-18,22-24,28,39-40H,6,8-14H2,1-4H3,(H,31,37)(H,32,41)(H,45,46)(H,47,48)(H2,30,33,34)(H2,42,43,44)/b7-5+/t18-,22-,23-,24+,28-/m1/s1. The molecule has 1 saturated heterocycles. The molecule has 2 aromatic heterocycles. The fourth-order valence-corrected chi connectivity index (χ4v) is 8.46. The normalized spacial score (nSPS) is 21.7. The molecule has 0 radical (unpaired) electrons. The summed E-state index contributed by atoms with van der Waals surface area (Å²) >= 11 is 1.10. The van der Waals surface area contributed by atoms with Crippen molar-refractivity contribution in [2.45, 2.75) is 77.6 Å². The third-order valence-corrected chi connectivity index (χ3v) is 11.8. The number of nitrogen functional groups attached to an aromatic ring is 1. The number of allylic oxidation sites excluding steroid dienone is 2. The van der Waals surface area contributed by atoms with Crippen molar-refractivity contribution in [3.63, 3.8) is 0 Å². The van der Waals surface area contributed by atoms with E-state index in [9.17, 15) is 57.9 Å². The number of rotatable bonds is 23. The number of carbonyl (C=O) groups is 3. The molecule has 3 heterocycles. The van der Waals surface area contributed by atoms with Crippen LogP contribution in [0.5, 0.6) is 0 Å². The number of aliphatic hydroxyl groups is 2. The zero-order valence-electron chi connectivity index (χ0n) is 31.2. The van der Waals surface area contributed by atoms with Crippen LogP contribution < -0.4 is 16.4 Å². The quantitative estimate of drug-likeness (QED) is 0.0420. The van der Waals surface area contributed by atoms with Crippen molar-refractivity contribution in [2.75, 3.05) is 37.8 Å². The first-order valence-electron chi connectivity index (χ1n) is 17.1. The van der Waals surface area contributed by atoms with E-state index in [1.54, 1.807) is 0 Å². The molecule has 24 nitrogen and oxygen atoms in total. The van der Waals surface area contributed by atoms with Crippen molar-refractivity contribution < 1.29 is 80.5 Å². The van der Waals surface area contributed by atoms with Crippen molar-refractivity contribution >= 4 is 69.1 Å². The maximum absolute atomic E-state index is 12.7. The van der Waals surface area contributed by atoms with Crippen LogP contribution in [0.1, 0.15) is 53.2 Å². The van der Waals surface area contributed by atoms with Gasteiger partial charge in [0, 0.05) is 37.1 Å². The number of thioether (sulfide) groups is 1. The molecule has 0 bridgehead atoms. The molecule has 1 aliphatic rings. The molecule has 0 aromatic carbocycles. The summed E-state index contributed by atoms with van der Waals surface area (Å²) in [5, 5.41) is 26.4. The van der Waals surface area contributed by atoms with Gasteiger partial charge >= 0.3 is 23.5 Å². The Balaban J connectivity index is 1.46. The molecule has 7 atom stereocenters. The van der Waals surface area contributed by atoms with Crippen LogP contribution >= 0.6 is 35.2 Å². The molecule has 28 heteroatoms. The van der Waals surface area contributed by atoms with E-state index in [0.29, 0.717) is 24.5 Å². The molecule has 2 aromatic rings. The number of imidazole rings is 1. The largest absolute Gasteiger partial charge is 0.481 e. The number of ether oxygens (including phenoxy) is 1. The van der Waals surface area contributed by atoms with Crippen LogP contribution in [0.4, 0.5) is 5.82 Å². The highest BCUT2D eigenvalue weighted by molar-refractivity contribution is 8.13. The topological polar surface area (TPSA) is 364 Å². The van der Waals surface area contributed by atoms with Crippen LogP contribution in [-0.2, 0) is 50.7 Å². The van der Waals surface area contributed by atoms with Crippen molar-refractivity contribution in [3.05, 3.63) is 24.8 Å². The second-order valence-corrected chi connectivity index (χ2v) is 18.9. The van der Waals surface area contributed by atoms with E-state index in [1.807, 2.05) is 26.0 Å². The predicted molar refractivity (Wildman–Crippen MR) is 200 cm³/mol. The van der Waals surface area contributed by atoms with Crippen LogP contribution in [-0.4, -0.2) is 123 Å². The third kappa shape index (κ3) is 15.8. The Bertz CT molecular complexity index is 1880. The van der Waals surface area contributed by atoms with Crippen molar-refractivity contribution in [2.24, 2.45) is 11.3 Å². The molecule has 0 aliphatic carbocycles. The highest BCUT2D eigenvalue weighted by atomic mass is 32.2. The lowest BCUT2D eigenvalue weighted by Crippen LogP contribution is -2.46. The first-order chi connectivity index (χ1) is 26.4. The third-order valence-electron chi connectivity index (χ3n) is 7.80. The second-order valence-electron chi connectivity index (χ2n) is 13.5. The predicted octanol–water partition coefficient (Wildman–Crippen LogP) is 0.657. The number of anilines is 1. The number of phosphoric acid groups is 3. The summed E-state index contributed by atoms with van der Waals surface area (Å²) < 4.78 is 62.1. The average molecular weight is 892 g/mol. The van der Waals surface area contributed by atoms with Gasteiger partial charge in [-0.15, -0.1) is 0 Å². The maximum atomic E-state index is 12.7. The SMILES string of the molecule is CC(C)/C=C/CCC(=O)SCCNC(=O)CCNC(=O)[C@H](O)C(C)(C)COP(=O)(O)OP(=O)(O)OC[C@H]1O[C@@H](n2cnc3c(N)ncnc32)[C@H](O)[C@@H]1OP(=O)(O)O. The van der Waals surface area contributed by atoms with Gasteiger partial charge < -0.3 is 50.9 Å². The van der Waals surface area contributed by atoms with Gasteiger partial charge in [0.15, 0.2) is 22.8 Å². The lowest BCUT2D eigenvalue weighted by Gasteiger charge is -2.30. The molecule has 2 amide bonds. The van der Waals surface area contributed by atoms with Gasteiger partial charge in [-0.25, -0.2) is 28.6 Å². The number of carbonyl (C=O) groups excluding carboxylic acids is 3. The van der Waals surface area contributed by atoms with E-state index in [2.05, 4.69) is 34.4 Å². The molecule has 0 spiro atoms. The zero-order valence-corrected chi connectivity index (χ0v) is 34.7. The molecule has 322 valence electrons. The second kappa shape index (κ2) is 21.0.